The van der Waals surface area contributed by atoms with Gasteiger partial charge in [0.25, 0.3) is 0 Å². The van der Waals surface area contributed by atoms with E-state index in [1.807, 2.05) is 17.7 Å². The lowest BCUT2D eigenvalue weighted by Gasteiger charge is -2.22. The van der Waals surface area contributed by atoms with Gasteiger partial charge in [0.1, 0.15) is 12.2 Å². The first-order valence-corrected chi connectivity index (χ1v) is 7.42. The average molecular weight is 262 g/mol. The van der Waals surface area contributed by atoms with Gasteiger partial charge in [0.05, 0.1) is 0 Å². The Morgan fingerprint density at radius 2 is 2.50 bits per heavy atom. The van der Waals surface area contributed by atoms with E-state index < -0.39 is 0 Å². The van der Waals surface area contributed by atoms with Crippen molar-refractivity contribution in [1.29, 1.82) is 0 Å². The van der Waals surface area contributed by atoms with E-state index in [0.29, 0.717) is 5.92 Å². The highest BCUT2D eigenvalue weighted by Crippen LogP contribution is 2.21. The minimum Gasteiger partial charge on any atom is -0.317 e. The molecule has 1 saturated heterocycles. The predicted octanol–water partition coefficient (Wildman–Crippen LogP) is 2.05. The molecule has 1 N–H and O–H groups in total. The van der Waals surface area contributed by atoms with Crippen LogP contribution in [0.4, 0.5) is 0 Å². The van der Waals surface area contributed by atoms with Crippen LogP contribution in [-0.4, -0.2) is 27.9 Å². The van der Waals surface area contributed by atoms with Crippen LogP contribution in [0.15, 0.2) is 23.8 Å². The van der Waals surface area contributed by atoms with Crippen LogP contribution in [0.2, 0.25) is 0 Å². The van der Waals surface area contributed by atoms with E-state index >= 15 is 0 Å². The summed E-state index contributed by atoms with van der Waals surface area (Å²) in [6.45, 7) is 3.16. The minimum absolute atomic E-state index is 0.532. The van der Waals surface area contributed by atoms with Crippen LogP contribution < -0.4 is 5.32 Å². The van der Waals surface area contributed by atoms with Crippen molar-refractivity contribution in [1.82, 2.24) is 20.1 Å². The Labute approximate surface area is 111 Å². The molecule has 0 aliphatic carbocycles. The second kappa shape index (κ2) is 5.63. The van der Waals surface area contributed by atoms with E-state index in [0.717, 1.165) is 31.9 Å². The van der Waals surface area contributed by atoms with Crippen molar-refractivity contribution in [3.8, 4) is 0 Å². The molecule has 96 valence electrons. The van der Waals surface area contributed by atoms with Gasteiger partial charge in [-0.3, -0.25) is 0 Å². The predicted molar refractivity (Wildman–Crippen MR) is 72.9 cm³/mol. The zero-order valence-electron chi connectivity index (χ0n) is 10.4. The molecule has 0 saturated carbocycles. The van der Waals surface area contributed by atoms with Crippen LogP contribution in [0.1, 0.15) is 29.5 Å². The van der Waals surface area contributed by atoms with E-state index in [2.05, 4.69) is 37.6 Å². The third-order valence-electron chi connectivity index (χ3n) is 3.49. The molecule has 18 heavy (non-hydrogen) atoms. The molecular weight excluding hydrogens is 244 g/mol. The molecule has 2 aromatic rings. The van der Waals surface area contributed by atoms with Gasteiger partial charge < -0.3 is 9.88 Å². The van der Waals surface area contributed by atoms with Gasteiger partial charge in [-0.2, -0.15) is 0 Å². The van der Waals surface area contributed by atoms with Crippen molar-refractivity contribution in [3.63, 3.8) is 0 Å². The minimum atomic E-state index is 0.532. The quantitative estimate of drug-likeness (QED) is 0.917. The molecule has 3 heterocycles. The molecule has 4 nitrogen and oxygen atoms in total. The number of rotatable bonds is 4. The highest BCUT2D eigenvalue weighted by molar-refractivity contribution is 7.09. The number of aryl methyl sites for hydroxylation is 2. The molecule has 5 heteroatoms. The van der Waals surface area contributed by atoms with E-state index in [9.17, 15) is 0 Å². The average Bonchev–Trinajstić information content (AvgIpc) is 3.09. The third-order valence-corrected chi connectivity index (χ3v) is 4.42. The molecular formula is C13H18N4S. The Morgan fingerprint density at radius 3 is 3.28 bits per heavy atom. The molecule has 1 fully saturated rings. The van der Waals surface area contributed by atoms with Crippen molar-refractivity contribution in [2.45, 2.75) is 31.7 Å². The molecule has 1 unspecified atom stereocenters. The fourth-order valence-corrected chi connectivity index (χ4v) is 3.21. The summed E-state index contributed by atoms with van der Waals surface area (Å²) < 4.78 is 2.22. The Hall–Kier alpha value is -1.20. The van der Waals surface area contributed by atoms with Crippen molar-refractivity contribution in [2.24, 2.45) is 0 Å². The summed E-state index contributed by atoms with van der Waals surface area (Å²) in [5.74, 6) is 1.68. The van der Waals surface area contributed by atoms with Gasteiger partial charge in [-0.1, -0.05) is 6.07 Å². The van der Waals surface area contributed by atoms with Crippen LogP contribution >= 0.6 is 11.3 Å². The van der Waals surface area contributed by atoms with E-state index in [-0.39, 0.29) is 0 Å². The summed E-state index contributed by atoms with van der Waals surface area (Å²) in [5, 5.41) is 14.0. The van der Waals surface area contributed by atoms with Crippen LogP contribution in [0.25, 0.3) is 0 Å². The molecule has 0 amide bonds. The highest BCUT2D eigenvalue weighted by Gasteiger charge is 2.20. The molecule has 1 atom stereocenters. The fourth-order valence-electron chi connectivity index (χ4n) is 2.51. The standard InChI is InChI=1S/C13H18N4S/c1-3-11(9-14-6-1)13-16-15-10-17(13)7-5-12-4-2-8-18-12/h2,4,8,10-11,14H,1,3,5-7,9H2. The van der Waals surface area contributed by atoms with Gasteiger partial charge in [-0.15, -0.1) is 21.5 Å². The van der Waals surface area contributed by atoms with Crippen molar-refractivity contribution >= 4 is 11.3 Å². The molecule has 1 aliphatic rings. The van der Waals surface area contributed by atoms with Crippen LogP contribution in [0.3, 0.4) is 0 Å². The van der Waals surface area contributed by atoms with E-state index in [1.165, 1.54) is 17.7 Å². The van der Waals surface area contributed by atoms with Gasteiger partial charge in [0, 0.05) is 23.9 Å². The van der Waals surface area contributed by atoms with Gasteiger partial charge in [0.2, 0.25) is 0 Å². The monoisotopic (exact) mass is 262 g/mol. The molecule has 2 aromatic heterocycles. The highest BCUT2D eigenvalue weighted by atomic mass is 32.1. The SMILES string of the molecule is c1csc(CCn2cnnc2C2CCCNC2)c1. The number of aromatic nitrogens is 3. The number of thiophene rings is 1. The maximum atomic E-state index is 4.32. The van der Waals surface area contributed by atoms with Crippen LogP contribution in [-0.2, 0) is 13.0 Å². The summed E-state index contributed by atoms with van der Waals surface area (Å²) in [7, 11) is 0. The van der Waals surface area contributed by atoms with E-state index in [1.54, 1.807) is 0 Å². The number of piperidine rings is 1. The maximum absolute atomic E-state index is 4.32. The van der Waals surface area contributed by atoms with Gasteiger partial charge in [-0.05, 0) is 37.3 Å². The van der Waals surface area contributed by atoms with Gasteiger partial charge >= 0.3 is 0 Å². The Bertz CT molecular complexity index is 471. The first-order valence-electron chi connectivity index (χ1n) is 6.54. The Kier molecular flexibility index (Phi) is 3.71. The van der Waals surface area contributed by atoms with E-state index in [4.69, 9.17) is 0 Å². The zero-order valence-corrected chi connectivity index (χ0v) is 11.2. The van der Waals surface area contributed by atoms with Crippen molar-refractivity contribution in [2.75, 3.05) is 13.1 Å². The zero-order chi connectivity index (χ0) is 12.2. The topological polar surface area (TPSA) is 42.7 Å². The lowest BCUT2D eigenvalue weighted by molar-refractivity contribution is 0.431. The molecule has 0 radical (unpaired) electrons. The number of hydrogen-bond donors (Lipinski definition) is 1. The van der Waals surface area contributed by atoms with Crippen molar-refractivity contribution < 1.29 is 0 Å². The van der Waals surface area contributed by atoms with Crippen LogP contribution in [0, 0.1) is 0 Å². The largest absolute Gasteiger partial charge is 0.317 e. The second-order valence-corrected chi connectivity index (χ2v) is 5.79. The van der Waals surface area contributed by atoms with Gasteiger partial charge in [-0.25, -0.2) is 0 Å². The summed E-state index contributed by atoms with van der Waals surface area (Å²) in [6, 6.07) is 4.30. The normalized spacial score (nSPS) is 20.1. The lowest BCUT2D eigenvalue weighted by atomic mass is 9.99. The maximum Gasteiger partial charge on any atom is 0.137 e. The molecule has 0 spiro atoms. The summed E-state index contributed by atoms with van der Waals surface area (Å²) >= 11 is 1.82. The lowest BCUT2D eigenvalue weighted by Crippen LogP contribution is -2.30. The Morgan fingerprint density at radius 1 is 1.50 bits per heavy atom. The second-order valence-electron chi connectivity index (χ2n) is 4.76. The van der Waals surface area contributed by atoms with Crippen molar-refractivity contribution in [3.05, 3.63) is 34.5 Å². The first-order chi connectivity index (χ1) is 8.93. The van der Waals surface area contributed by atoms with Crippen LogP contribution in [0.5, 0.6) is 0 Å². The first kappa shape index (κ1) is 11.9. The summed E-state index contributed by atoms with van der Waals surface area (Å²) in [4.78, 5) is 1.43. The smallest absolute Gasteiger partial charge is 0.137 e. The fraction of sp³-hybridized carbons (Fsp3) is 0.538. The number of hydrogen-bond acceptors (Lipinski definition) is 4. The summed E-state index contributed by atoms with van der Waals surface area (Å²) in [5.41, 5.74) is 0. The molecule has 1 aliphatic heterocycles. The number of nitrogens with zero attached hydrogens (tertiary/aromatic N) is 3. The molecule has 0 bridgehead atoms. The Balaban J connectivity index is 1.67. The summed E-state index contributed by atoms with van der Waals surface area (Å²) in [6.07, 6.45) is 5.41. The van der Waals surface area contributed by atoms with Gasteiger partial charge in [0.15, 0.2) is 0 Å². The molecule has 3 rings (SSSR count). The third kappa shape index (κ3) is 2.62. The molecule has 0 aromatic carbocycles. The number of nitrogens with one attached hydrogen (secondary N) is 1.